The summed E-state index contributed by atoms with van der Waals surface area (Å²) in [6.45, 7) is 2.64. The Kier molecular flexibility index (Phi) is 9.04. The molecule has 0 unspecified atom stereocenters. The minimum absolute atomic E-state index is 0.209. The lowest BCUT2D eigenvalue weighted by Crippen LogP contribution is -2.34. The number of ether oxygens (including phenoxy) is 3. The molecule has 0 spiro atoms. The summed E-state index contributed by atoms with van der Waals surface area (Å²) in [5.74, 6) is 1.01. The SMILES string of the molecule is CCOc1ccc(C(=O)NCC(=O)N/N=C/c2ccc(OCc3ccccc3)c(OC)c2)cc1. The van der Waals surface area contributed by atoms with Crippen LogP contribution in [-0.2, 0) is 11.4 Å². The van der Waals surface area contributed by atoms with Crippen molar-refractivity contribution >= 4 is 18.0 Å². The second-order valence-electron chi connectivity index (χ2n) is 7.12. The van der Waals surface area contributed by atoms with Crippen LogP contribution in [0.5, 0.6) is 17.2 Å². The van der Waals surface area contributed by atoms with Crippen LogP contribution in [-0.4, -0.2) is 38.3 Å². The van der Waals surface area contributed by atoms with E-state index in [1.54, 1.807) is 49.6 Å². The fourth-order valence-electron chi connectivity index (χ4n) is 2.97. The quantitative estimate of drug-likeness (QED) is 0.336. The molecule has 0 aliphatic carbocycles. The number of carbonyl (C=O) groups is 2. The molecule has 0 heterocycles. The number of rotatable bonds is 11. The van der Waals surface area contributed by atoms with E-state index in [0.717, 1.165) is 5.56 Å². The third kappa shape index (κ3) is 7.37. The Morgan fingerprint density at radius 1 is 0.941 bits per heavy atom. The number of methoxy groups -OCH3 is 1. The Labute approximate surface area is 198 Å². The molecule has 0 fully saturated rings. The zero-order valence-electron chi connectivity index (χ0n) is 19.1. The number of benzene rings is 3. The van der Waals surface area contributed by atoms with Crippen molar-refractivity contribution in [3.05, 3.63) is 89.5 Å². The first-order chi connectivity index (χ1) is 16.6. The predicted octanol–water partition coefficient (Wildman–Crippen LogP) is 3.55. The summed E-state index contributed by atoms with van der Waals surface area (Å²) in [5, 5.41) is 6.48. The van der Waals surface area contributed by atoms with Gasteiger partial charge in [0.15, 0.2) is 11.5 Å². The molecular formula is C26H27N3O5. The monoisotopic (exact) mass is 461 g/mol. The Morgan fingerprint density at radius 3 is 2.41 bits per heavy atom. The van der Waals surface area contributed by atoms with Gasteiger partial charge in [0, 0.05) is 5.56 Å². The molecule has 0 aliphatic heterocycles. The highest BCUT2D eigenvalue weighted by molar-refractivity contribution is 5.96. The highest BCUT2D eigenvalue weighted by atomic mass is 16.5. The van der Waals surface area contributed by atoms with Crippen molar-refractivity contribution in [3.8, 4) is 17.2 Å². The Balaban J connectivity index is 1.47. The molecule has 0 radical (unpaired) electrons. The van der Waals surface area contributed by atoms with E-state index < -0.39 is 5.91 Å². The fraction of sp³-hybridized carbons (Fsp3) is 0.192. The van der Waals surface area contributed by atoms with Crippen molar-refractivity contribution < 1.29 is 23.8 Å². The van der Waals surface area contributed by atoms with Gasteiger partial charge in [0.1, 0.15) is 12.4 Å². The molecule has 0 bridgehead atoms. The minimum atomic E-state index is -0.453. The van der Waals surface area contributed by atoms with E-state index in [9.17, 15) is 9.59 Å². The van der Waals surface area contributed by atoms with Crippen LogP contribution in [0.15, 0.2) is 77.9 Å². The summed E-state index contributed by atoms with van der Waals surface area (Å²) in [6, 6.07) is 21.8. The summed E-state index contributed by atoms with van der Waals surface area (Å²) >= 11 is 0. The Bertz CT molecular complexity index is 1120. The van der Waals surface area contributed by atoms with Crippen molar-refractivity contribution in [2.24, 2.45) is 5.10 Å². The number of nitrogens with zero attached hydrogens (tertiary/aromatic N) is 1. The molecule has 8 nitrogen and oxygen atoms in total. The van der Waals surface area contributed by atoms with E-state index in [4.69, 9.17) is 14.2 Å². The predicted molar refractivity (Wildman–Crippen MR) is 129 cm³/mol. The average molecular weight is 462 g/mol. The summed E-state index contributed by atoms with van der Waals surface area (Å²) in [6.07, 6.45) is 1.48. The van der Waals surface area contributed by atoms with Gasteiger partial charge in [0.25, 0.3) is 11.8 Å². The number of hydrogen-bond donors (Lipinski definition) is 2. The van der Waals surface area contributed by atoms with Gasteiger partial charge in [-0.15, -0.1) is 0 Å². The van der Waals surface area contributed by atoms with E-state index in [2.05, 4.69) is 15.8 Å². The molecule has 3 rings (SSSR count). The number of amides is 2. The molecule has 34 heavy (non-hydrogen) atoms. The van der Waals surface area contributed by atoms with E-state index in [0.29, 0.717) is 41.6 Å². The number of nitrogens with one attached hydrogen (secondary N) is 2. The van der Waals surface area contributed by atoms with Gasteiger partial charge in [-0.1, -0.05) is 30.3 Å². The minimum Gasteiger partial charge on any atom is -0.494 e. The zero-order valence-corrected chi connectivity index (χ0v) is 19.1. The molecule has 8 heteroatoms. The molecule has 176 valence electrons. The highest BCUT2D eigenvalue weighted by Gasteiger charge is 2.08. The highest BCUT2D eigenvalue weighted by Crippen LogP contribution is 2.28. The second-order valence-corrected chi connectivity index (χ2v) is 7.12. The summed E-state index contributed by atoms with van der Waals surface area (Å²) in [5.41, 5.74) is 4.58. The normalized spacial score (nSPS) is 10.5. The molecule has 3 aromatic carbocycles. The summed E-state index contributed by atoms with van der Waals surface area (Å²) < 4.78 is 16.6. The number of hydrazone groups is 1. The smallest absolute Gasteiger partial charge is 0.259 e. The third-order valence-corrected chi connectivity index (χ3v) is 4.66. The molecule has 2 amide bonds. The van der Waals surface area contributed by atoms with Crippen molar-refractivity contribution in [2.45, 2.75) is 13.5 Å². The lowest BCUT2D eigenvalue weighted by atomic mass is 10.2. The maximum Gasteiger partial charge on any atom is 0.259 e. The standard InChI is InChI=1S/C26H27N3O5/c1-3-33-22-12-10-21(11-13-22)26(31)27-17-25(30)29-28-16-20-9-14-23(24(15-20)32-2)34-18-19-7-5-4-6-8-19/h4-16H,3,17-18H2,1-2H3,(H,27,31)(H,29,30)/b28-16+. The fourth-order valence-corrected chi connectivity index (χ4v) is 2.97. The molecule has 2 N–H and O–H groups in total. The van der Waals surface area contributed by atoms with Crippen molar-refractivity contribution in [2.75, 3.05) is 20.3 Å². The van der Waals surface area contributed by atoms with Crippen LogP contribution in [0.25, 0.3) is 0 Å². The van der Waals surface area contributed by atoms with Crippen molar-refractivity contribution in [3.63, 3.8) is 0 Å². The van der Waals surface area contributed by atoms with E-state index >= 15 is 0 Å². The first-order valence-electron chi connectivity index (χ1n) is 10.8. The first kappa shape index (κ1) is 24.3. The molecule has 0 atom stereocenters. The molecule has 0 aliphatic rings. The van der Waals surface area contributed by atoms with Gasteiger partial charge in [-0.2, -0.15) is 5.10 Å². The largest absolute Gasteiger partial charge is 0.494 e. The lowest BCUT2D eigenvalue weighted by molar-refractivity contribution is -0.120. The van der Waals surface area contributed by atoms with Crippen molar-refractivity contribution in [1.29, 1.82) is 0 Å². The molecule has 0 saturated carbocycles. The first-order valence-corrected chi connectivity index (χ1v) is 10.8. The summed E-state index contributed by atoms with van der Waals surface area (Å²) in [4.78, 5) is 24.2. The van der Waals surface area contributed by atoms with Crippen LogP contribution < -0.4 is 25.0 Å². The lowest BCUT2D eigenvalue weighted by Gasteiger charge is -2.11. The van der Waals surface area contributed by atoms with Crippen LogP contribution in [0.3, 0.4) is 0 Å². The Morgan fingerprint density at radius 2 is 1.71 bits per heavy atom. The van der Waals surface area contributed by atoms with Gasteiger partial charge < -0.3 is 19.5 Å². The van der Waals surface area contributed by atoms with Gasteiger partial charge in [-0.3, -0.25) is 9.59 Å². The average Bonchev–Trinajstić information content (AvgIpc) is 2.87. The summed E-state index contributed by atoms with van der Waals surface area (Å²) in [7, 11) is 1.56. The molecule has 3 aromatic rings. The van der Waals surface area contributed by atoms with Crippen LogP contribution in [0, 0.1) is 0 Å². The topological polar surface area (TPSA) is 98.2 Å². The number of carbonyl (C=O) groups excluding carboxylic acids is 2. The maximum atomic E-state index is 12.2. The third-order valence-electron chi connectivity index (χ3n) is 4.66. The van der Waals surface area contributed by atoms with Crippen LogP contribution >= 0.6 is 0 Å². The van der Waals surface area contributed by atoms with Gasteiger partial charge in [-0.05, 0) is 60.5 Å². The zero-order chi connectivity index (χ0) is 24.2. The van der Waals surface area contributed by atoms with Gasteiger partial charge in [0.05, 0.1) is 26.5 Å². The van der Waals surface area contributed by atoms with Crippen LogP contribution in [0.2, 0.25) is 0 Å². The van der Waals surface area contributed by atoms with Gasteiger partial charge >= 0.3 is 0 Å². The van der Waals surface area contributed by atoms with Crippen LogP contribution in [0.4, 0.5) is 0 Å². The second kappa shape index (κ2) is 12.6. The molecule has 0 saturated heterocycles. The number of hydrogen-bond acceptors (Lipinski definition) is 6. The molecule has 0 aromatic heterocycles. The van der Waals surface area contributed by atoms with E-state index in [1.165, 1.54) is 6.21 Å². The maximum absolute atomic E-state index is 12.2. The van der Waals surface area contributed by atoms with E-state index in [-0.39, 0.29) is 12.5 Å². The van der Waals surface area contributed by atoms with Gasteiger partial charge in [0.2, 0.25) is 0 Å². The molecular weight excluding hydrogens is 434 g/mol. The van der Waals surface area contributed by atoms with Crippen molar-refractivity contribution in [1.82, 2.24) is 10.7 Å². The van der Waals surface area contributed by atoms with E-state index in [1.807, 2.05) is 37.3 Å². The van der Waals surface area contributed by atoms with Crippen LogP contribution in [0.1, 0.15) is 28.4 Å². The Hall–Kier alpha value is -4.33. The van der Waals surface area contributed by atoms with Gasteiger partial charge in [-0.25, -0.2) is 5.43 Å².